The Kier molecular flexibility index (Phi) is 9.32. The Morgan fingerprint density at radius 1 is 1.03 bits per heavy atom. The number of unbranched alkanes of at least 4 members (excludes halogenated alkanes) is 1. The van der Waals surface area contributed by atoms with E-state index in [1.165, 1.54) is 11.3 Å². The Labute approximate surface area is 187 Å². The average Bonchev–Trinajstić information content (AvgIpc) is 3.24. The Morgan fingerprint density at radius 2 is 1.75 bits per heavy atom. The van der Waals surface area contributed by atoms with Gasteiger partial charge in [-0.2, -0.15) is 0 Å². The van der Waals surface area contributed by atoms with Crippen LogP contribution >= 0.6 is 11.3 Å². The van der Waals surface area contributed by atoms with Gasteiger partial charge in [0.1, 0.15) is 5.69 Å². The van der Waals surface area contributed by atoms with Crippen molar-refractivity contribution >= 4 is 40.1 Å². The molecule has 1 amide bonds. The second-order valence-electron chi connectivity index (χ2n) is 6.92. The highest BCUT2D eigenvalue weighted by atomic mass is 32.1. The third-order valence-electron chi connectivity index (χ3n) is 4.35. The maximum Gasteiger partial charge on any atom is 0.323 e. The number of imidazole rings is 1. The third-order valence-corrected chi connectivity index (χ3v) is 5.28. The summed E-state index contributed by atoms with van der Waals surface area (Å²) in [7, 11) is 0. The number of Topliss-reactive ketones (excluding diaryl/α,β-unsaturated/α-hetero) is 1. The van der Waals surface area contributed by atoms with E-state index in [-0.39, 0.29) is 37.3 Å². The number of ketones is 1. The molecule has 11 nitrogen and oxygen atoms in total. The normalized spacial score (nSPS) is 10.6. The van der Waals surface area contributed by atoms with E-state index in [9.17, 15) is 24.0 Å². The zero-order chi connectivity index (χ0) is 23.7. The molecule has 3 N–H and O–H groups in total. The molecule has 0 radical (unpaired) electrons. The molecule has 2 aromatic rings. The van der Waals surface area contributed by atoms with Crippen LogP contribution in [0.5, 0.6) is 0 Å². The number of nitrogens with one attached hydrogen (secondary N) is 3. The number of esters is 2. The number of aromatic amines is 2. The number of thiazole rings is 1. The molecule has 0 spiro atoms. The lowest BCUT2D eigenvalue weighted by Gasteiger charge is -2.05. The van der Waals surface area contributed by atoms with Crippen LogP contribution in [0.1, 0.15) is 59.4 Å². The first kappa shape index (κ1) is 25.0. The van der Waals surface area contributed by atoms with E-state index in [1.807, 2.05) is 0 Å². The summed E-state index contributed by atoms with van der Waals surface area (Å²) >= 11 is 1.21. The van der Waals surface area contributed by atoms with Crippen LogP contribution in [0.15, 0.2) is 4.79 Å². The van der Waals surface area contributed by atoms with Crippen molar-refractivity contribution in [2.45, 2.75) is 52.9 Å². The van der Waals surface area contributed by atoms with Crippen LogP contribution in [0, 0.1) is 13.8 Å². The maximum absolute atomic E-state index is 12.0. The molecule has 12 heteroatoms. The van der Waals surface area contributed by atoms with Crippen LogP contribution in [0.4, 0.5) is 5.13 Å². The summed E-state index contributed by atoms with van der Waals surface area (Å²) < 4.78 is 9.82. The van der Waals surface area contributed by atoms with E-state index < -0.39 is 30.1 Å². The van der Waals surface area contributed by atoms with E-state index in [2.05, 4.69) is 20.3 Å². The molecule has 0 fully saturated rings. The van der Waals surface area contributed by atoms with Gasteiger partial charge in [0, 0.05) is 23.4 Å². The summed E-state index contributed by atoms with van der Waals surface area (Å²) in [4.78, 5) is 68.5. The minimum atomic E-state index is -0.558. The molecule has 174 valence electrons. The molecule has 0 aromatic carbocycles. The highest BCUT2D eigenvalue weighted by molar-refractivity contribution is 7.15. The van der Waals surface area contributed by atoms with Gasteiger partial charge in [-0.15, -0.1) is 11.3 Å². The SMILES string of the molecule is CCOC(=O)Cc1nc(NC(=O)COC(=O)CCCCC(=O)c2[nH]c(=O)[nH]c2C)sc1C. The van der Waals surface area contributed by atoms with Crippen molar-refractivity contribution < 1.29 is 28.7 Å². The summed E-state index contributed by atoms with van der Waals surface area (Å²) in [6, 6.07) is 0. The second kappa shape index (κ2) is 11.9. The molecular formula is C20H26N4O7S. The molecule has 0 atom stereocenters. The largest absolute Gasteiger partial charge is 0.466 e. The number of rotatable bonds is 12. The number of aryl methyl sites for hydroxylation is 2. The maximum atomic E-state index is 12.0. The molecule has 0 aliphatic carbocycles. The quantitative estimate of drug-likeness (QED) is 0.242. The fourth-order valence-electron chi connectivity index (χ4n) is 2.80. The van der Waals surface area contributed by atoms with Gasteiger partial charge in [-0.1, -0.05) is 0 Å². The molecular weight excluding hydrogens is 440 g/mol. The van der Waals surface area contributed by atoms with Crippen LogP contribution in [-0.4, -0.2) is 51.8 Å². The number of anilines is 1. The van der Waals surface area contributed by atoms with E-state index in [1.54, 1.807) is 20.8 Å². The smallest absolute Gasteiger partial charge is 0.323 e. The molecule has 0 saturated carbocycles. The minimum absolute atomic E-state index is 0.0171. The summed E-state index contributed by atoms with van der Waals surface area (Å²) in [6.07, 6.45) is 1.10. The van der Waals surface area contributed by atoms with Crippen molar-refractivity contribution in [1.29, 1.82) is 0 Å². The van der Waals surface area contributed by atoms with E-state index in [4.69, 9.17) is 9.47 Å². The van der Waals surface area contributed by atoms with Crippen LogP contribution in [0.2, 0.25) is 0 Å². The number of hydrogen-bond donors (Lipinski definition) is 3. The predicted octanol–water partition coefficient (Wildman–Crippen LogP) is 1.81. The fraction of sp³-hybridized carbons (Fsp3) is 0.500. The first-order valence-corrected chi connectivity index (χ1v) is 10.9. The lowest BCUT2D eigenvalue weighted by atomic mass is 10.1. The fourth-order valence-corrected chi connectivity index (χ4v) is 3.64. The molecule has 2 rings (SSSR count). The first-order chi connectivity index (χ1) is 15.2. The summed E-state index contributed by atoms with van der Waals surface area (Å²) in [5, 5.41) is 2.84. The third kappa shape index (κ3) is 7.76. The van der Waals surface area contributed by atoms with Crippen molar-refractivity contribution in [1.82, 2.24) is 15.0 Å². The number of amides is 1. The summed E-state index contributed by atoms with van der Waals surface area (Å²) in [6.45, 7) is 4.93. The highest BCUT2D eigenvalue weighted by Crippen LogP contribution is 2.22. The molecule has 0 aliphatic heterocycles. The van der Waals surface area contributed by atoms with Crippen LogP contribution < -0.4 is 11.0 Å². The number of carbonyl (C=O) groups excluding carboxylic acids is 4. The summed E-state index contributed by atoms with van der Waals surface area (Å²) in [5.74, 6) is -1.71. The van der Waals surface area contributed by atoms with Gasteiger partial charge in [-0.25, -0.2) is 9.78 Å². The minimum Gasteiger partial charge on any atom is -0.466 e. The number of ether oxygens (including phenoxy) is 2. The summed E-state index contributed by atoms with van der Waals surface area (Å²) in [5.41, 5.74) is 0.816. The Hall–Kier alpha value is -3.28. The lowest BCUT2D eigenvalue weighted by Crippen LogP contribution is -2.20. The molecule has 2 aromatic heterocycles. The van der Waals surface area contributed by atoms with Gasteiger partial charge >= 0.3 is 17.6 Å². The highest BCUT2D eigenvalue weighted by Gasteiger charge is 2.16. The molecule has 0 aliphatic rings. The van der Waals surface area contributed by atoms with Crippen LogP contribution in [-0.2, 0) is 30.3 Å². The Balaban J connectivity index is 1.67. The molecule has 2 heterocycles. The average molecular weight is 467 g/mol. The predicted molar refractivity (Wildman–Crippen MR) is 116 cm³/mol. The van der Waals surface area contributed by atoms with E-state index >= 15 is 0 Å². The van der Waals surface area contributed by atoms with Crippen molar-refractivity contribution in [3.8, 4) is 0 Å². The van der Waals surface area contributed by atoms with Crippen molar-refractivity contribution in [2.75, 3.05) is 18.5 Å². The molecule has 0 unspecified atom stereocenters. The number of H-pyrrole nitrogens is 2. The van der Waals surface area contributed by atoms with Crippen molar-refractivity contribution in [3.05, 3.63) is 32.4 Å². The van der Waals surface area contributed by atoms with Crippen LogP contribution in [0.25, 0.3) is 0 Å². The molecule has 0 bridgehead atoms. The van der Waals surface area contributed by atoms with Gasteiger partial charge in [0.25, 0.3) is 5.91 Å². The topological polar surface area (TPSA) is 160 Å². The van der Waals surface area contributed by atoms with Gasteiger partial charge < -0.3 is 19.4 Å². The number of hydrogen-bond acceptors (Lipinski definition) is 9. The van der Waals surface area contributed by atoms with Gasteiger partial charge in [-0.05, 0) is 33.6 Å². The van der Waals surface area contributed by atoms with Crippen molar-refractivity contribution in [3.63, 3.8) is 0 Å². The zero-order valence-corrected chi connectivity index (χ0v) is 19.0. The Morgan fingerprint density at radius 3 is 2.41 bits per heavy atom. The van der Waals surface area contributed by atoms with Gasteiger partial charge in [-0.3, -0.25) is 24.5 Å². The van der Waals surface area contributed by atoms with Gasteiger partial charge in [0.2, 0.25) is 0 Å². The number of carbonyl (C=O) groups is 4. The van der Waals surface area contributed by atoms with Crippen molar-refractivity contribution in [2.24, 2.45) is 0 Å². The zero-order valence-electron chi connectivity index (χ0n) is 18.2. The number of aromatic nitrogens is 3. The monoisotopic (exact) mass is 466 g/mol. The van der Waals surface area contributed by atoms with Gasteiger partial charge in [0.05, 0.1) is 18.7 Å². The molecule has 32 heavy (non-hydrogen) atoms. The Bertz CT molecular complexity index is 1040. The number of nitrogens with zero attached hydrogens (tertiary/aromatic N) is 1. The van der Waals surface area contributed by atoms with Crippen LogP contribution in [0.3, 0.4) is 0 Å². The van der Waals surface area contributed by atoms with E-state index in [0.717, 1.165) is 4.88 Å². The van der Waals surface area contributed by atoms with E-state index in [0.29, 0.717) is 29.4 Å². The lowest BCUT2D eigenvalue weighted by molar-refractivity contribution is -0.147. The standard InChI is InChI=1S/C20H26N4O7S/c1-4-30-17(28)9-13-12(3)32-20(22-13)23-15(26)10-31-16(27)8-6-5-7-14(25)18-11(2)21-19(29)24-18/h4-10H2,1-3H3,(H2,21,24,29)(H,22,23,26). The first-order valence-electron chi connectivity index (χ1n) is 10.1. The molecule has 0 saturated heterocycles. The van der Waals surface area contributed by atoms with Gasteiger partial charge in [0.15, 0.2) is 17.5 Å². The second-order valence-corrected chi connectivity index (χ2v) is 8.13.